The van der Waals surface area contributed by atoms with Crippen LogP contribution in [0.3, 0.4) is 0 Å². The number of hydrogen-bond donors (Lipinski definition) is 1. The molecular weight excluding hydrogens is 237 g/mol. The van der Waals surface area contributed by atoms with Crippen molar-refractivity contribution >= 4 is 11.6 Å². The summed E-state index contributed by atoms with van der Waals surface area (Å²) < 4.78 is 13.2. The molecule has 1 N–H and O–H groups in total. The molecule has 1 rings (SSSR count). The fourth-order valence-electron chi connectivity index (χ4n) is 1.77. The average molecular weight is 258 g/mol. The molecule has 1 aromatic rings. The summed E-state index contributed by atoms with van der Waals surface area (Å²) in [6.07, 6.45) is 3.02. The van der Waals surface area contributed by atoms with Crippen LogP contribution >= 0.6 is 11.6 Å². The van der Waals surface area contributed by atoms with Crippen molar-refractivity contribution in [1.82, 2.24) is 5.32 Å². The fourth-order valence-corrected chi connectivity index (χ4v) is 1.99. The van der Waals surface area contributed by atoms with Gasteiger partial charge in [0.2, 0.25) is 0 Å². The van der Waals surface area contributed by atoms with Gasteiger partial charge in [0.15, 0.2) is 0 Å². The number of benzene rings is 1. The van der Waals surface area contributed by atoms with Gasteiger partial charge in [0.25, 0.3) is 0 Å². The van der Waals surface area contributed by atoms with E-state index in [2.05, 4.69) is 19.2 Å². The predicted molar refractivity (Wildman–Crippen MR) is 72.1 cm³/mol. The topological polar surface area (TPSA) is 12.0 Å². The van der Waals surface area contributed by atoms with Crippen molar-refractivity contribution in [3.8, 4) is 0 Å². The Hall–Kier alpha value is -0.600. The second-order valence-corrected chi connectivity index (χ2v) is 4.94. The Balaban J connectivity index is 2.37. The molecule has 17 heavy (non-hydrogen) atoms. The normalized spacial score (nSPS) is 12.7. The molecule has 0 spiro atoms. The van der Waals surface area contributed by atoms with Gasteiger partial charge < -0.3 is 5.32 Å². The Morgan fingerprint density at radius 2 is 2.18 bits per heavy atom. The van der Waals surface area contributed by atoms with Crippen molar-refractivity contribution in [2.24, 2.45) is 5.92 Å². The Kier molecular flexibility index (Phi) is 6.53. The summed E-state index contributed by atoms with van der Waals surface area (Å²) in [5, 5.41) is 3.67. The maximum Gasteiger partial charge on any atom is 0.142 e. The first-order valence-corrected chi connectivity index (χ1v) is 6.66. The molecule has 0 aliphatic heterocycles. The van der Waals surface area contributed by atoms with E-state index >= 15 is 0 Å². The van der Waals surface area contributed by atoms with Crippen molar-refractivity contribution < 1.29 is 4.39 Å². The van der Waals surface area contributed by atoms with Crippen molar-refractivity contribution in [1.29, 1.82) is 0 Å². The minimum absolute atomic E-state index is 0.279. The summed E-state index contributed by atoms with van der Waals surface area (Å²) in [5.74, 6) is 0.266. The molecule has 0 radical (unpaired) electrons. The number of hydrogen-bond acceptors (Lipinski definition) is 1. The molecule has 1 aromatic carbocycles. The second-order valence-electron chi connectivity index (χ2n) is 4.56. The van der Waals surface area contributed by atoms with Crippen LogP contribution in [0.1, 0.15) is 32.3 Å². The third-order valence-electron chi connectivity index (χ3n) is 2.86. The van der Waals surface area contributed by atoms with E-state index in [0.29, 0.717) is 5.92 Å². The monoisotopic (exact) mass is 257 g/mol. The summed E-state index contributed by atoms with van der Waals surface area (Å²) in [6.45, 7) is 6.44. The SMILES string of the molecule is CCCNCC(C)CCc1cccc(F)c1Cl. The summed E-state index contributed by atoms with van der Waals surface area (Å²) in [6, 6.07) is 5.02. The van der Waals surface area contributed by atoms with Gasteiger partial charge in [0.1, 0.15) is 5.82 Å². The van der Waals surface area contributed by atoms with Crippen molar-refractivity contribution in [3.63, 3.8) is 0 Å². The van der Waals surface area contributed by atoms with E-state index < -0.39 is 0 Å². The van der Waals surface area contributed by atoms with E-state index in [1.54, 1.807) is 6.07 Å². The predicted octanol–water partition coefficient (Wildman–Crippen LogP) is 4.05. The molecule has 0 bridgehead atoms. The highest BCUT2D eigenvalue weighted by Crippen LogP contribution is 2.22. The van der Waals surface area contributed by atoms with Crippen LogP contribution in [0.5, 0.6) is 0 Å². The molecule has 1 unspecified atom stereocenters. The summed E-state index contributed by atoms with van der Waals surface area (Å²) in [4.78, 5) is 0. The van der Waals surface area contributed by atoms with Crippen LogP contribution in [0, 0.1) is 11.7 Å². The Morgan fingerprint density at radius 1 is 1.41 bits per heavy atom. The lowest BCUT2D eigenvalue weighted by molar-refractivity contribution is 0.481. The molecule has 0 saturated carbocycles. The van der Waals surface area contributed by atoms with Crippen LogP contribution in [-0.4, -0.2) is 13.1 Å². The zero-order valence-corrected chi connectivity index (χ0v) is 11.4. The highest BCUT2D eigenvalue weighted by molar-refractivity contribution is 6.31. The highest BCUT2D eigenvalue weighted by Gasteiger charge is 2.07. The number of halogens is 2. The van der Waals surface area contributed by atoms with Crippen LogP contribution in [0.2, 0.25) is 5.02 Å². The molecule has 0 heterocycles. The van der Waals surface area contributed by atoms with Crippen molar-refractivity contribution in [2.75, 3.05) is 13.1 Å². The molecule has 0 amide bonds. The lowest BCUT2D eigenvalue weighted by atomic mass is 10.0. The molecule has 0 aliphatic rings. The maximum atomic E-state index is 13.2. The van der Waals surface area contributed by atoms with E-state index in [1.807, 2.05) is 6.07 Å². The first-order valence-electron chi connectivity index (χ1n) is 6.28. The van der Waals surface area contributed by atoms with E-state index in [1.165, 1.54) is 6.07 Å². The second kappa shape index (κ2) is 7.67. The molecule has 1 atom stereocenters. The fraction of sp³-hybridized carbons (Fsp3) is 0.571. The molecule has 0 aliphatic carbocycles. The molecule has 96 valence electrons. The maximum absolute atomic E-state index is 13.2. The standard InChI is InChI=1S/C14H21ClFN/c1-3-9-17-10-11(2)7-8-12-5-4-6-13(16)14(12)15/h4-6,11,17H,3,7-10H2,1-2H3. The molecular formula is C14H21ClFN. The minimum Gasteiger partial charge on any atom is -0.316 e. The van der Waals surface area contributed by atoms with Crippen LogP contribution < -0.4 is 5.32 Å². The Bertz CT molecular complexity index is 341. The van der Waals surface area contributed by atoms with E-state index in [0.717, 1.165) is 37.9 Å². The van der Waals surface area contributed by atoms with E-state index in [-0.39, 0.29) is 10.8 Å². The Morgan fingerprint density at radius 3 is 2.88 bits per heavy atom. The Labute approximate surface area is 108 Å². The number of aryl methyl sites for hydroxylation is 1. The minimum atomic E-state index is -0.319. The zero-order chi connectivity index (χ0) is 12.7. The van der Waals surface area contributed by atoms with Crippen LogP contribution in [0.15, 0.2) is 18.2 Å². The van der Waals surface area contributed by atoms with Gasteiger partial charge in [-0.05, 0) is 49.9 Å². The molecule has 0 fully saturated rings. The average Bonchev–Trinajstić information content (AvgIpc) is 2.31. The zero-order valence-electron chi connectivity index (χ0n) is 10.6. The largest absolute Gasteiger partial charge is 0.316 e. The molecule has 1 nitrogen and oxygen atoms in total. The molecule has 3 heteroatoms. The third kappa shape index (κ3) is 5.05. The van der Waals surface area contributed by atoms with Gasteiger partial charge in [-0.1, -0.05) is 37.6 Å². The summed E-state index contributed by atoms with van der Waals surface area (Å²) in [7, 11) is 0. The highest BCUT2D eigenvalue weighted by atomic mass is 35.5. The smallest absolute Gasteiger partial charge is 0.142 e. The first-order chi connectivity index (χ1) is 8.15. The summed E-state index contributed by atoms with van der Waals surface area (Å²) in [5.41, 5.74) is 0.911. The first kappa shape index (κ1) is 14.5. The van der Waals surface area contributed by atoms with Crippen molar-refractivity contribution in [2.45, 2.75) is 33.1 Å². The summed E-state index contributed by atoms with van der Waals surface area (Å²) >= 11 is 5.91. The van der Waals surface area contributed by atoms with Gasteiger partial charge >= 0.3 is 0 Å². The molecule has 0 aromatic heterocycles. The number of nitrogens with one attached hydrogen (secondary N) is 1. The van der Waals surface area contributed by atoms with E-state index in [4.69, 9.17) is 11.6 Å². The van der Waals surface area contributed by atoms with Gasteiger partial charge in [-0.25, -0.2) is 4.39 Å². The van der Waals surface area contributed by atoms with Crippen LogP contribution in [-0.2, 0) is 6.42 Å². The lowest BCUT2D eigenvalue weighted by Crippen LogP contribution is -2.22. The van der Waals surface area contributed by atoms with Gasteiger partial charge in [-0.2, -0.15) is 0 Å². The van der Waals surface area contributed by atoms with Crippen molar-refractivity contribution in [3.05, 3.63) is 34.6 Å². The van der Waals surface area contributed by atoms with Gasteiger partial charge in [-0.15, -0.1) is 0 Å². The van der Waals surface area contributed by atoms with Crippen LogP contribution in [0.4, 0.5) is 4.39 Å². The lowest BCUT2D eigenvalue weighted by Gasteiger charge is -2.12. The van der Waals surface area contributed by atoms with E-state index in [9.17, 15) is 4.39 Å². The third-order valence-corrected chi connectivity index (χ3v) is 3.28. The molecule has 0 saturated heterocycles. The van der Waals surface area contributed by atoms with Gasteiger partial charge in [0, 0.05) is 0 Å². The van der Waals surface area contributed by atoms with Gasteiger partial charge in [0.05, 0.1) is 5.02 Å². The quantitative estimate of drug-likeness (QED) is 0.727. The number of rotatable bonds is 7. The van der Waals surface area contributed by atoms with Gasteiger partial charge in [-0.3, -0.25) is 0 Å². The van der Waals surface area contributed by atoms with Crippen LogP contribution in [0.25, 0.3) is 0 Å².